The third-order valence-electron chi connectivity index (χ3n) is 1.92. The van der Waals surface area contributed by atoms with Gasteiger partial charge in [0.2, 0.25) is 0 Å². The van der Waals surface area contributed by atoms with E-state index in [9.17, 15) is 4.79 Å². The van der Waals surface area contributed by atoms with E-state index >= 15 is 0 Å². The fraction of sp³-hybridized carbons (Fsp3) is 0.462. The average Bonchev–Trinajstić information content (AvgIpc) is 2.28. The predicted molar refractivity (Wildman–Crippen MR) is 73.8 cm³/mol. The number of ether oxygens (including phenoxy) is 1. The first-order valence-corrected chi connectivity index (χ1v) is 5.91. The summed E-state index contributed by atoms with van der Waals surface area (Å²) in [5.74, 6) is 0. The molecule has 0 saturated heterocycles. The molecule has 0 bridgehead atoms. The van der Waals surface area contributed by atoms with E-state index in [1.165, 1.54) is 0 Å². The number of aliphatic hydroxyl groups is 1. The van der Waals surface area contributed by atoms with Gasteiger partial charge in [-0.25, -0.2) is 0 Å². The van der Waals surface area contributed by atoms with Crippen LogP contribution < -0.4 is 5.32 Å². The molecule has 0 atom stereocenters. The second-order valence-corrected chi connectivity index (χ2v) is 4.89. The zero-order valence-corrected chi connectivity index (χ0v) is 11.9. The molecule has 0 fully saturated rings. The van der Waals surface area contributed by atoms with Gasteiger partial charge in [0, 0.05) is 7.05 Å². The fourth-order valence-electron chi connectivity index (χ4n) is 1.04. The lowest BCUT2D eigenvalue weighted by Crippen LogP contribution is -2.17. The summed E-state index contributed by atoms with van der Waals surface area (Å²) in [6.07, 6.45) is 0. The smallest absolute Gasteiger partial charge is 0.293 e. The number of nitrogens with one attached hydrogen (secondary N) is 1. The van der Waals surface area contributed by atoms with Crippen molar-refractivity contribution in [1.82, 2.24) is 0 Å². The minimum absolute atomic E-state index is 0.0195. The van der Waals surface area contributed by atoms with Gasteiger partial charge in [-0.2, -0.15) is 0 Å². The lowest BCUT2D eigenvalue weighted by atomic mass is 10.2. The van der Waals surface area contributed by atoms with E-state index in [0.717, 1.165) is 11.3 Å². The average molecular weight is 274 g/mol. The lowest BCUT2D eigenvalue weighted by molar-refractivity contribution is -0.138. The van der Waals surface area contributed by atoms with E-state index in [1.54, 1.807) is 13.1 Å². The Labute approximate surface area is 113 Å². The SMILES string of the molecule is CC(C)(C)OC=O.CNc1cccc(CO)c1Cl. The zero-order valence-electron chi connectivity index (χ0n) is 11.2. The molecule has 0 aromatic heterocycles. The number of halogens is 1. The summed E-state index contributed by atoms with van der Waals surface area (Å²) in [7, 11) is 1.79. The molecule has 1 aromatic rings. The van der Waals surface area contributed by atoms with Gasteiger partial charge < -0.3 is 15.2 Å². The first kappa shape index (κ1) is 16.7. The van der Waals surface area contributed by atoms with Crippen LogP contribution >= 0.6 is 11.6 Å². The predicted octanol–water partition coefficient (Wildman–Crippen LogP) is 2.83. The van der Waals surface area contributed by atoms with E-state index in [1.807, 2.05) is 32.9 Å². The number of hydrogen-bond donors (Lipinski definition) is 2. The molecule has 5 heteroatoms. The van der Waals surface area contributed by atoms with Crippen molar-refractivity contribution >= 4 is 23.8 Å². The standard InChI is InChI=1S/C8H10ClNO.C5H10O2/c1-10-7-4-2-3-6(5-11)8(7)9;1-5(2,3)7-4-6/h2-4,10-11H,5H2,1H3;4H,1-3H3. The fourth-order valence-corrected chi connectivity index (χ4v) is 1.32. The first-order valence-electron chi connectivity index (χ1n) is 5.53. The van der Waals surface area contributed by atoms with Crippen molar-refractivity contribution in [2.24, 2.45) is 0 Å². The van der Waals surface area contributed by atoms with Crippen LogP contribution in [0, 0.1) is 0 Å². The number of anilines is 1. The summed E-state index contributed by atoms with van der Waals surface area (Å²) in [6, 6.07) is 5.51. The van der Waals surface area contributed by atoms with Gasteiger partial charge >= 0.3 is 0 Å². The van der Waals surface area contributed by atoms with Crippen LogP contribution in [0.4, 0.5) is 5.69 Å². The molecular formula is C13H20ClNO3. The Hall–Kier alpha value is -1.26. The van der Waals surface area contributed by atoms with Gasteiger partial charge in [0.25, 0.3) is 6.47 Å². The molecular weight excluding hydrogens is 254 g/mol. The summed E-state index contributed by atoms with van der Waals surface area (Å²) in [6.45, 7) is 5.90. The topological polar surface area (TPSA) is 58.6 Å². The quantitative estimate of drug-likeness (QED) is 0.832. The van der Waals surface area contributed by atoms with Gasteiger partial charge in [-0.3, -0.25) is 4.79 Å². The minimum Gasteiger partial charge on any atom is -0.462 e. The van der Waals surface area contributed by atoms with Crippen molar-refractivity contribution in [3.05, 3.63) is 28.8 Å². The number of hydrogen-bond acceptors (Lipinski definition) is 4. The third kappa shape index (κ3) is 6.47. The number of carbonyl (C=O) groups is 1. The summed E-state index contributed by atoms with van der Waals surface area (Å²) in [4.78, 5) is 9.60. The maximum Gasteiger partial charge on any atom is 0.293 e. The van der Waals surface area contributed by atoms with Crippen LogP contribution in [0.3, 0.4) is 0 Å². The highest BCUT2D eigenvalue weighted by atomic mass is 35.5. The second-order valence-electron chi connectivity index (χ2n) is 4.51. The van der Waals surface area contributed by atoms with Gasteiger partial charge in [-0.15, -0.1) is 0 Å². The molecule has 18 heavy (non-hydrogen) atoms. The summed E-state index contributed by atoms with van der Waals surface area (Å²) >= 11 is 5.89. The van der Waals surface area contributed by atoms with Crippen molar-refractivity contribution in [2.45, 2.75) is 33.0 Å². The molecule has 0 spiro atoms. The normalized spacial score (nSPS) is 10.1. The molecule has 102 valence electrons. The molecule has 0 aliphatic rings. The van der Waals surface area contributed by atoms with Gasteiger partial charge in [-0.05, 0) is 32.4 Å². The number of benzene rings is 1. The largest absolute Gasteiger partial charge is 0.462 e. The van der Waals surface area contributed by atoms with E-state index in [-0.39, 0.29) is 12.2 Å². The lowest BCUT2D eigenvalue weighted by Gasteiger charge is -2.14. The molecule has 4 nitrogen and oxygen atoms in total. The zero-order chi connectivity index (χ0) is 14.2. The molecule has 0 unspecified atom stereocenters. The van der Waals surface area contributed by atoms with E-state index in [2.05, 4.69) is 10.1 Å². The molecule has 2 N–H and O–H groups in total. The van der Waals surface area contributed by atoms with Gasteiger partial charge in [0.1, 0.15) is 5.60 Å². The Morgan fingerprint density at radius 1 is 1.44 bits per heavy atom. The van der Waals surface area contributed by atoms with Crippen LogP contribution in [-0.2, 0) is 16.1 Å². The molecule has 0 heterocycles. The van der Waals surface area contributed by atoms with Crippen LogP contribution in [0.2, 0.25) is 5.02 Å². The molecule has 0 aliphatic heterocycles. The minimum atomic E-state index is -0.318. The third-order valence-corrected chi connectivity index (χ3v) is 2.37. The number of carbonyl (C=O) groups excluding carboxylic acids is 1. The number of rotatable bonds is 3. The van der Waals surface area contributed by atoms with Gasteiger partial charge in [-0.1, -0.05) is 23.7 Å². The first-order chi connectivity index (χ1) is 8.35. The molecule has 1 aromatic carbocycles. The van der Waals surface area contributed by atoms with E-state index in [4.69, 9.17) is 16.7 Å². The highest BCUT2D eigenvalue weighted by Crippen LogP contribution is 2.24. The molecule has 0 amide bonds. The Morgan fingerprint density at radius 2 is 2.06 bits per heavy atom. The van der Waals surface area contributed by atoms with Crippen molar-refractivity contribution in [3.63, 3.8) is 0 Å². The Kier molecular flexibility index (Phi) is 7.39. The second kappa shape index (κ2) is 7.95. The van der Waals surface area contributed by atoms with Crippen LogP contribution in [0.15, 0.2) is 18.2 Å². The summed E-state index contributed by atoms with van der Waals surface area (Å²) in [5.41, 5.74) is 1.28. The highest BCUT2D eigenvalue weighted by molar-refractivity contribution is 6.34. The maximum absolute atomic E-state index is 9.60. The summed E-state index contributed by atoms with van der Waals surface area (Å²) in [5, 5.41) is 12.3. The van der Waals surface area contributed by atoms with E-state index in [0.29, 0.717) is 11.5 Å². The molecule has 1 rings (SSSR count). The Morgan fingerprint density at radius 3 is 2.39 bits per heavy atom. The van der Waals surface area contributed by atoms with Gasteiger partial charge in [0.05, 0.1) is 17.3 Å². The molecule has 0 radical (unpaired) electrons. The van der Waals surface area contributed by atoms with Crippen molar-refractivity contribution in [2.75, 3.05) is 12.4 Å². The van der Waals surface area contributed by atoms with E-state index < -0.39 is 0 Å². The van der Waals surface area contributed by atoms with Crippen LogP contribution in [-0.4, -0.2) is 24.2 Å². The monoisotopic (exact) mass is 273 g/mol. The summed E-state index contributed by atoms with van der Waals surface area (Å²) < 4.78 is 4.55. The van der Waals surface area contributed by atoms with Crippen LogP contribution in [0.5, 0.6) is 0 Å². The highest BCUT2D eigenvalue weighted by Gasteiger charge is 2.07. The maximum atomic E-state index is 9.60. The Bertz CT molecular complexity index is 353. The van der Waals surface area contributed by atoms with Crippen molar-refractivity contribution in [1.29, 1.82) is 0 Å². The van der Waals surface area contributed by atoms with Crippen molar-refractivity contribution < 1.29 is 14.6 Å². The van der Waals surface area contributed by atoms with Crippen molar-refractivity contribution in [3.8, 4) is 0 Å². The van der Waals surface area contributed by atoms with Gasteiger partial charge in [0.15, 0.2) is 0 Å². The molecule has 0 aliphatic carbocycles. The number of aliphatic hydroxyl groups excluding tert-OH is 1. The van der Waals surface area contributed by atoms with Crippen LogP contribution in [0.1, 0.15) is 26.3 Å². The molecule has 0 saturated carbocycles. The van der Waals surface area contributed by atoms with Crippen LogP contribution in [0.25, 0.3) is 0 Å². The Balaban J connectivity index is 0.000000360.